The number of esters is 1. The minimum atomic E-state index is -0.416. The zero-order chi connectivity index (χ0) is 13.8. The van der Waals surface area contributed by atoms with Gasteiger partial charge in [-0.2, -0.15) is 0 Å². The van der Waals surface area contributed by atoms with Crippen LogP contribution in [0.25, 0.3) is 0 Å². The number of nitrogens with zero attached hydrogens (tertiary/aromatic N) is 1. The van der Waals surface area contributed by atoms with Gasteiger partial charge in [0.1, 0.15) is 11.7 Å². The fraction of sp³-hybridized carbons (Fsp3) is 0.500. The molecule has 104 valence electrons. The standard InChI is InChI=1S/C14H19NO4/c1-15-8-7-10(9-15)19-13-11(14(16)18-3)5-4-6-12(13)17-2/h4-6,10H,7-9H2,1-3H3. The Kier molecular flexibility index (Phi) is 4.27. The summed E-state index contributed by atoms with van der Waals surface area (Å²) in [6.07, 6.45) is 1.01. The van der Waals surface area contributed by atoms with E-state index in [-0.39, 0.29) is 6.10 Å². The summed E-state index contributed by atoms with van der Waals surface area (Å²) in [5.41, 5.74) is 0.399. The molecule has 0 amide bonds. The molecule has 0 aliphatic carbocycles. The molecule has 5 nitrogen and oxygen atoms in total. The van der Waals surface area contributed by atoms with Gasteiger partial charge in [0.15, 0.2) is 11.5 Å². The van der Waals surface area contributed by atoms with Gasteiger partial charge in [-0.3, -0.25) is 0 Å². The van der Waals surface area contributed by atoms with Gasteiger partial charge in [-0.25, -0.2) is 4.79 Å². The van der Waals surface area contributed by atoms with E-state index in [1.807, 2.05) is 7.05 Å². The predicted octanol–water partition coefficient (Wildman–Crippen LogP) is 1.56. The molecule has 2 rings (SSSR count). The van der Waals surface area contributed by atoms with Gasteiger partial charge in [-0.05, 0) is 25.6 Å². The van der Waals surface area contributed by atoms with Crippen LogP contribution in [0.5, 0.6) is 11.5 Å². The van der Waals surface area contributed by atoms with Crippen LogP contribution in [-0.2, 0) is 4.74 Å². The molecule has 19 heavy (non-hydrogen) atoms. The van der Waals surface area contributed by atoms with E-state index in [9.17, 15) is 4.79 Å². The van der Waals surface area contributed by atoms with Crippen LogP contribution >= 0.6 is 0 Å². The average Bonchev–Trinajstić information content (AvgIpc) is 2.83. The number of rotatable bonds is 4. The van der Waals surface area contributed by atoms with E-state index in [0.717, 1.165) is 19.5 Å². The number of methoxy groups -OCH3 is 2. The third kappa shape index (κ3) is 2.98. The highest BCUT2D eigenvalue weighted by Gasteiger charge is 2.25. The largest absolute Gasteiger partial charge is 0.493 e. The Labute approximate surface area is 113 Å². The molecule has 1 heterocycles. The van der Waals surface area contributed by atoms with Crippen LogP contribution in [0.15, 0.2) is 18.2 Å². The highest BCUT2D eigenvalue weighted by atomic mass is 16.5. The Morgan fingerprint density at radius 1 is 1.37 bits per heavy atom. The summed E-state index contributed by atoms with van der Waals surface area (Å²) in [5, 5.41) is 0. The number of carbonyl (C=O) groups excluding carboxylic acids is 1. The monoisotopic (exact) mass is 265 g/mol. The summed E-state index contributed by atoms with van der Waals surface area (Å²) >= 11 is 0. The van der Waals surface area contributed by atoms with Gasteiger partial charge in [0, 0.05) is 13.1 Å². The van der Waals surface area contributed by atoms with Gasteiger partial charge in [0.25, 0.3) is 0 Å². The molecule has 0 spiro atoms. The average molecular weight is 265 g/mol. The van der Waals surface area contributed by atoms with Crippen molar-refractivity contribution in [2.24, 2.45) is 0 Å². The van der Waals surface area contributed by atoms with Crippen LogP contribution in [0.2, 0.25) is 0 Å². The Morgan fingerprint density at radius 3 is 2.74 bits per heavy atom. The van der Waals surface area contributed by atoms with Gasteiger partial charge in [0.05, 0.1) is 14.2 Å². The molecule has 1 atom stereocenters. The van der Waals surface area contributed by atoms with Crippen molar-refractivity contribution in [1.82, 2.24) is 4.90 Å². The Morgan fingerprint density at radius 2 is 2.16 bits per heavy atom. The quantitative estimate of drug-likeness (QED) is 0.773. The van der Waals surface area contributed by atoms with E-state index in [1.54, 1.807) is 25.3 Å². The lowest BCUT2D eigenvalue weighted by Crippen LogP contribution is -2.22. The molecule has 1 aliphatic rings. The van der Waals surface area contributed by atoms with Crippen molar-refractivity contribution in [1.29, 1.82) is 0 Å². The van der Waals surface area contributed by atoms with E-state index < -0.39 is 5.97 Å². The normalized spacial score (nSPS) is 19.2. The van der Waals surface area contributed by atoms with Crippen LogP contribution < -0.4 is 9.47 Å². The molecule has 1 aromatic rings. The molecule has 0 radical (unpaired) electrons. The van der Waals surface area contributed by atoms with Gasteiger partial charge in [-0.1, -0.05) is 6.07 Å². The highest BCUT2D eigenvalue weighted by molar-refractivity contribution is 5.93. The summed E-state index contributed by atoms with van der Waals surface area (Å²) in [6, 6.07) is 5.21. The first-order valence-corrected chi connectivity index (χ1v) is 6.26. The van der Waals surface area contributed by atoms with Crippen molar-refractivity contribution >= 4 is 5.97 Å². The molecule has 5 heteroatoms. The third-order valence-electron chi connectivity index (χ3n) is 3.24. The van der Waals surface area contributed by atoms with Crippen molar-refractivity contribution in [3.05, 3.63) is 23.8 Å². The Bertz CT molecular complexity index is 461. The van der Waals surface area contributed by atoms with Crippen molar-refractivity contribution in [3.63, 3.8) is 0 Å². The molecule has 0 saturated carbocycles. The third-order valence-corrected chi connectivity index (χ3v) is 3.24. The SMILES string of the molecule is COC(=O)c1cccc(OC)c1OC1CCN(C)C1. The van der Waals surface area contributed by atoms with Gasteiger partial charge in [0.2, 0.25) is 0 Å². The Balaban J connectivity index is 2.27. The molecule has 1 aromatic carbocycles. The van der Waals surface area contributed by atoms with E-state index >= 15 is 0 Å². The fourth-order valence-electron chi connectivity index (χ4n) is 2.23. The van der Waals surface area contributed by atoms with Crippen LogP contribution in [0.3, 0.4) is 0 Å². The van der Waals surface area contributed by atoms with Crippen molar-refractivity contribution < 1.29 is 19.0 Å². The van der Waals surface area contributed by atoms with Gasteiger partial charge >= 0.3 is 5.97 Å². The number of ether oxygens (including phenoxy) is 3. The summed E-state index contributed by atoms with van der Waals surface area (Å²) in [6.45, 7) is 1.84. The number of hydrogen-bond donors (Lipinski definition) is 0. The summed E-state index contributed by atoms with van der Waals surface area (Å²) in [7, 11) is 4.96. The number of hydrogen-bond acceptors (Lipinski definition) is 5. The summed E-state index contributed by atoms with van der Waals surface area (Å²) < 4.78 is 16.0. The summed E-state index contributed by atoms with van der Waals surface area (Å²) in [4.78, 5) is 14.0. The maximum atomic E-state index is 11.8. The van der Waals surface area contributed by atoms with Crippen LogP contribution in [0.4, 0.5) is 0 Å². The topological polar surface area (TPSA) is 48.0 Å². The molecular weight excluding hydrogens is 246 g/mol. The lowest BCUT2D eigenvalue weighted by atomic mass is 10.2. The smallest absolute Gasteiger partial charge is 0.341 e. The number of carbonyl (C=O) groups is 1. The molecule has 1 aliphatic heterocycles. The molecule has 1 unspecified atom stereocenters. The molecule has 1 saturated heterocycles. The number of benzene rings is 1. The second kappa shape index (κ2) is 5.93. The van der Waals surface area contributed by atoms with Crippen molar-refractivity contribution in [2.75, 3.05) is 34.4 Å². The highest BCUT2D eigenvalue weighted by Crippen LogP contribution is 2.33. The number of likely N-dealkylation sites (tertiary alicyclic amines) is 1. The van der Waals surface area contributed by atoms with E-state index in [1.165, 1.54) is 7.11 Å². The fourth-order valence-corrected chi connectivity index (χ4v) is 2.23. The summed E-state index contributed by atoms with van der Waals surface area (Å²) in [5.74, 6) is 0.606. The zero-order valence-corrected chi connectivity index (χ0v) is 11.5. The first kappa shape index (κ1) is 13.7. The molecule has 1 fully saturated rings. The van der Waals surface area contributed by atoms with Crippen molar-refractivity contribution in [3.8, 4) is 11.5 Å². The van der Waals surface area contributed by atoms with E-state index in [4.69, 9.17) is 14.2 Å². The molecular formula is C14H19NO4. The minimum Gasteiger partial charge on any atom is -0.493 e. The van der Waals surface area contributed by atoms with Gasteiger partial charge in [-0.15, -0.1) is 0 Å². The predicted molar refractivity (Wildman–Crippen MR) is 70.9 cm³/mol. The Hall–Kier alpha value is -1.75. The first-order chi connectivity index (χ1) is 9.15. The van der Waals surface area contributed by atoms with Crippen LogP contribution in [0.1, 0.15) is 16.8 Å². The van der Waals surface area contributed by atoms with Gasteiger partial charge < -0.3 is 19.1 Å². The number of likely N-dealkylation sites (N-methyl/N-ethyl adjacent to an activating group) is 1. The first-order valence-electron chi connectivity index (χ1n) is 6.26. The van der Waals surface area contributed by atoms with E-state index in [0.29, 0.717) is 17.1 Å². The maximum Gasteiger partial charge on any atom is 0.341 e. The lowest BCUT2D eigenvalue weighted by molar-refractivity contribution is 0.0592. The lowest BCUT2D eigenvalue weighted by Gasteiger charge is -2.18. The molecule has 0 N–H and O–H groups in total. The van der Waals surface area contributed by atoms with Crippen LogP contribution in [0, 0.1) is 0 Å². The molecule has 0 aromatic heterocycles. The number of para-hydroxylation sites is 1. The molecule has 0 bridgehead atoms. The second-order valence-corrected chi connectivity index (χ2v) is 4.62. The minimum absolute atomic E-state index is 0.0738. The zero-order valence-electron chi connectivity index (χ0n) is 11.5. The van der Waals surface area contributed by atoms with E-state index in [2.05, 4.69) is 4.90 Å². The maximum absolute atomic E-state index is 11.8. The van der Waals surface area contributed by atoms with Crippen molar-refractivity contribution in [2.45, 2.75) is 12.5 Å². The van der Waals surface area contributed by atoms with Crippen LogP contribution in [-0.4, -0.2) is 51.3 Å². The second-order valence-electron chi connectivity index (χ2n) is 4.62.